The molecule has 0 saturated heterocycles. The molecule has 0 aliphatic heterocycles. The van der Waals surface area contributed by atoms with Crippen LogP contribution in [0.4, 0.5) is 0 Å². The number of carbonyl (C=O) groups is 1. The molecule has 0 saturated carbocycles. The van der Waals surface area contributed by atoms with E-state index in [4.69, 9.17) is 9.84 Å². The molecule has 4 rings (SSSR count). The van der Waals surface area contributed by atoms with Crippen LogP contribution in [0.15, 0.2) is 97.2 Å². The zero-order valence-corrected chi connectivity index (χ0v) is 17.2. The van der Waals surface area contributed by atoms with Gasteiger partial charge in [0.05, 0.1) is 18.5 Å². The highest BCUT2D eigenvalue weighted by molar-refractivity contribution is 5.92. The summed E-state index contributed by atoms with van der Waals surface area (Å²) in [5.74, 6) is 0.626. The first-order chi connectivity index (χ1) is 15.2. The molecule has 5 heteroatoms. The quantitative estimate of drug-likeness (QED) is 0.443. The van der Waals surface area contributed by atoms with E-state index in [1.54, 1.807) is 19.3 Å². The van der Waals surface area contributed by atoms with Gasteiger partial charge in [-0.3, -0.25) is 4.79 Å². The number of benzene rings is 3. The SMILES string of the molecule is COc1ccc(-c2nn(-c3ccccc3)cc2/C=C\C(=O)NCc2ccccc2)cc1. The Morgan fingerprint density at radius 2 is 1.65 bits per heavy atom. The maximum atomic E-state index is 12.4. The summed E-state index contributed by atoms with van der Waals surface area (Å²) in [5.41, 5.74) is 4.59. The van der Waals surface area contributed by atoms with Gasteiger partial charge >= 0.3 is 0 Å². The third kappa shape index (κ3) is 5.08. The number of methoxy groups -OCH3 is 1. The van der Waals surface area contributed by atoms with Gasteiger partial charge in [-0.05, 0) is 48.0 Å². The summed E-state index contributed by atoms with van der Waals surface area (Å²) in [6.45, 7) is 0.485. The second-order valence-electron chi connectivity index (χ2n) is 6.98. The standard InChI is InChI=1S/C26H23N3O2/c1-31-24-15-12-21(13-16-24)26-22(19-29(28-26)23-10-6-3-7-11-23)14-17-25(30)27-18-20-8-4-2-5-9-20/h2-17,19H,18H2,1H3,(H,27,30)/b17-14-. The van der Waals surface area contributed by atoms with Crippen molar-refractivity contribution in [2.24, 2.45) is 0 Å². The fraction of sp³-hybridized carbons (Fsp3) is 0.0769. The van der Waals surface area contributed by atoms with Crippen molar-refractivity contribution in [1.82, 2.24) is 15.1 Å². The number of nitrogens with one attached hydrogen (secondary N) is 1. The number of nitrogens with zero attached hydrogens (tertiary/aromatic N) is 2. The summed E-state index contributed by atoms with van der Waals surface area (Å²) in [4.78, 5) is 12.4. The Morgan fingerprint density at radius 1 is 0.968 bits per heavy atom. The molecule has 0 atom stereocenters. The highest BCUT2D eigenvalue weighted by Gasteiger charge is 2.11. The van der Waals surface area contributed by atoms with Crippen LogP contribution in [0.25, 0.3) is 23.0 Å². The number of rotatable bonds is 7. The average molecular weight is 409 g/mol. The van der Waals surface area contributed by atoms with Crippen molar-refractivity contribution in [2.45, 2.75) is 6.54 Å². The lowest BCUT2D eigenvalue weighted by atomic mass is 10.1. The van der Waals surface area contributed by atoms with Crippen molar-refractivity contribution < 1.29 is 9.53 Å². The van der Waals surface area contributed by atoms with Crippen LogP contribution in [-0.2, 0) is 11.3 Å². The van der Waals surface area contributed by atoms with Gasteiger partial charge in [-0.2, -0.15) is 5.10 Å². The normalized spacial score (nSPS) is 10.9. The first-order valence-corrected chi connectivity index (χ1v) is 10.0. The topological polar surface area (TPSA) is 56.2 Å². The Morgan fingerprint density at radius 3 is 2.32 bits per heavy atom. The summed E-state index contributed by atoms with van der Waals surface area (Å²) in [7, 11) is 1.64. The van der Waals surface area contributed by atoms with Crippen LogP contribution in [0.2, 0.25) is 0 Å². The molecule has 3 aromatic carbocycles. The number of carbonyl (C=O) groups excluding carboxylic acids is 1. The van der Waals surface area contributed by atoms with Crippen LogP contribution in [-0.4, -0.2) is 22.8 Å². The molecule has 0 aliphatic carbocycles. The molecule has 1 heterocycles. The zero-order valence-electron chi connectivity index (χ0n) is 17.2. The third-order valence-corrected chi connectivity index (χ3v) is 4.85. The fourth-order valence-electron chi connectivity index (χ4n) is 3.20. The molecular weight excluding hydrogens is 386 g/mol. The lowest BCUT2D eigenvalue weighted by Crippen LogP contribution is -2.20. The predicted molar refractivity (Wildman–Crippen MR) is 123 cm³/mol. The van der Waals surface area contributed by atoms with Crippen LogP contribution in [0.3, 0.4) is 0 Å². The van der Waals surface area contributed by atoms with E-state index < -0.39 is 0 Å². The maximum absolute atomic E-state index is 12.4. The summed E-state index contributed by atoms with van der Waals surface area (Å²) in [6, 6.07) is 27.4. The molecule has 0 aliphatic rings. The highest BCUT2D eigenvalue weighted by atomic mass is 16.5. The second-order valence-corrected chi connectivity index (χ2v) is 6.98. The molecule has 0 fully saturated rings. The molecule has 1 aromatic heterocycles. The van der Waals surface area contributed by atoms with E-state index in [0.717, 1.165) is 33.8 Å². The van der Waals surface area contributed by atoms with Gasteiger partial charge in [0.15, 0.2) is 0 Å². The van der Waals surface area contributed by atoms with Crippen LogP contribution >= 0.6 is 0 Å². The highest BCUT2D eigenvalue weighted by Crippen LogP contribution is 2.26. The lowest BCUT2D eigenvalue weighted by Gasteiger charge is -2.03. The van der Waals surface area contributed by atoms with Gasteiger partial charge in [-0.25, -0.2) is 4.68 Å². The van der Waals surface area contributed by atoms with E-state index in [1.165, 1.54) is 0 Å². The maximum Gasteiger partial charge on any atom is 0.244 e. The fourth-order valence-corrected chi connectivity index (χ4v) is 3.20. The molecule has 1 N–H and O–H groups in total. The molecular formula is C26H23N3O2. The van der Waals surface area contributed by atoms with E-state index >= 15 is 0 Å². The van der Waals surface area contributed by atoms with E-state index in [9.17, 15) is 4.79 Å². The number of para-hydroxylation sites is 1. The molecule has 154 valence electrons. The summed E-state index contributed by atoms with van der Waals surface area (Å²) in [5, 5.41) is 7.68. The summed E-state index contributed by atoms with van der Waals surface area (Å²) < 4.78 is 7.08. The van der Waals surface area contributed by atoms with Crippen molar-refractivity contribution in [1.29, 1.82) is 0 Å². The van der Waals surface area contributed by atoms with Gasteiger partial charge in [0, 0.05) is 29.9 Å². The number of amides is 1. The van der Waals surface area contributed by atoms with Crippen LogP contribution in [0.5, 0.6) is 5.75 Å². The molecule has 4 aromatic rings. The number of aromatic nitrogens is 2. The van der Waals surface area contributed by atoms with Gasteiger partial charge in [0.1, 0.15) is 5.75 Å². The zero-order chi connectivity index (χ0) is 21.5. The monoisotopic (exact) mass is 409 g/mol. The number of ether oxygens (including phenoxy) is 1. The van der Waals surface area contributed by atoms with Crippen molar-refractivity contribution in [2.75, 3.05) is 7.11 Å². The van der Waals surface area contributed by atoms with Gasteiger partial charge in [-0.1, -0.05) is 48.5 Å². The van der Waals surface area contributed by atoms with E-state index in [1.807, 2.05) is 95.8 Å². The first kappa shape index (κ1) is 20.2. The van der Waals surface area contributed by atoms with Crippen LogP contribution in [0, 0.1) is 0 Å². The molecule has 1 amide bonds. The van der Waals surface area contributed by atoms with Crippen molar-refractivity contribution in [3.05, 3.63) is 108 Å². The number of hydrogen-bond acceptors (Lipinski definition) is 3. The van der Waals surface area contributed by atoms with Crippen molar-refractivity contribution in [3.63, 3.8) is 0 Å². The van der Waals surface area contributed by atoms with Gasteiger partial charge in [0.25, 0.3) is 0 Å². The van der Waals surface area contributed by atoms with Crippen LogP contribution in [0.1, 0.15) is 11.1 Å². The van der Waals surface area contributed by atoms with Gasteiger partial charge in [0.2, 0.25) is 5.91 Å². The summed E-state index contributed by atoms with van der Waals surface area (Å²) >= 11 is 0. The molecule has 0 radical (unpaired) electrons. The Hall–Kier alpha value is -4.12. The Kier molecular flexibility index (Phi) is 6.24. The van der Waals surface area contributed by atoms with E-state index in [2.05, 4.69) is 5.32 Å². The smallest absolute Gasteiger partial charge is 0.244 e. The van der Waals surface area contributed by atoms with E-state index in [0.29, 0.717) is 6.54 Å². The minimum Gasteiger partial charge on any atom is -0.497 e. The molecule has 31 heavy (non-hydrogen) atoms. The minimum atomic E-state index is -0.156. The third-order valence-electron chi connectivity index (χ3n) is 4.85. The molecule has 0 unspecified atom stereocenters. The Bertz CT molecular complexity index is 1160. The van der Waals surface area contributed by atoms with E-state index in [-0.39, 0.29) is 5.91 Å². The minimum absolute atomic E-state index is 0.156. The van der Waals surface area contributed by atoms with Crippen molar-refractivity contribution in [3.8, 4) is 22.7 Å². The molecule has 0 bridgehead atoms. The van der Waals surface area contributed by atoms with Crippen molar-refractivity contribution >= 4 is 12.0 Å². The second kappa shape index (κ2) is 9.59. The largest absolute Gasteiger partial charge is 0.497 e. The first-order valence-electron chi connectivity index (χ1n) is 10.0. The Labute approximate surface area is 181 Å². The van der Waals surface area contributed by atoms with Gasteiger partial charge < -0.3 is 10.1 Å². The van der Waals surface area contributed by atoms with Gasteiger partial charge in [-0.15, -0.1) is 0 Å². The molecule has 5 nitrogen and oxygen atoms in total. The molecule has 0 spiro atoms. The predicted octanol–water partition coefficient (Wildman–Crippen LogP) is 4.88. The Balaban J connectivity index is 1.59. The van der Waals surface area contributed by atoms with Crippen LogP contribution < -0.4 is 10.1 Å². The number of hydrogen-bond donors (Lipinski definition) is 1. The summed E-state index contributed by atoms with van der Waals surface area (Å²) in [6.07, 6.45) is 5.27. The average Bonchev–Trinajstić information content (AvgIpc) is 3.27. The lowest BCUT2D eigenvalue weighted by molar-refractivity contribution is -0.116.